The second-order valence-electron chi connectivity index (χ2n) is 7.73. The molecule has 0 saturated heterocycles. The highest BCUT2D eigenvalue weighted by molar-refractivity contribution is 5.97. The predicted octanol–water partition coefficient (Wildman–Crippen LogP) is 4.87. The van der Waals surface area contributed by atoms with Crippen molar-refractivity contribution in [1.29, 1.82) is 5.26 Å². The van der Waals surface area contributed by atoms with Gasteiger partial charge in [-0.25, -0.2) is 9.78 Å². The zero-order valence-corrected chi connectivity index (χ0v) is 17.5. The number of fused-ring (bicyclic) bond motifs is 1. The van der Waals surface area contributed by atoms with Gasteiger partial charge in [0.05, 0.1) is 12.8 Å². The third-order valence-electron chi connectivity index (χ3n) is 4.49. The van der Waals surface area contributed by atoms with Gasteiger partial charge in [0.25, 0.3) is 0 Å². The maximum Gasteiger partial charge on any atom is 0.413 e. The van der Waals surface area contributed by atoms with Gasteiger partial charge < -0.3 is 9.47 Å². The number of amides is 1. The number of aryl methyl sites for hydroxylation is 1. The summed E-state index contributed by atoms with van der Waals surface area (Å²) in [5.74, 6) is 1.01. The van der Waals surface area contributed by atoms with Crippen molar-refractivity contribution in [3.8, 4) is 17.5 Å². The van der Waals surface area contributed by atoms with Gasteiger partial charge in [0.15, 0.2) is 0 Å². The number of pyridine rings is 1. The average molecular weight is 392 g/mol. The molecule has 7 heteroatoms. The lowest BCUT2D eigenvalue weighted by atomic mass is 10.1. The standard InChI is InChI=1S/C22H24N4O3/c1-13-9-10-17(28-6)14(2)18(13)26-19-15(8-7-11-24-19)16(12-23)20(26)25-21(27)29-22(3,4)5/h7-11H,1-6H3,(H,25,27). The average Bonchev–Trinajstić information content (AvgIpc) is 2.93. The topological polar surface area (TPSA) is 89.2 Å². The van der Waals surface area contributed by atoms with E-state index < -0.39 is 11.7 Å². The molecule has 0 aliphatic carbocycles. The molecule has 0 spiro atoms. The fourth-order valence-electron chi connectivity index (χ4n) is 3.35. The van der Waals surface area contributed by atoms with Crippen molar-refractivity contribution in [3.63, 3.8) is 0 Å². The van der Waals surface area contributed by atoms with Crippen molar-refractivity contribution in [2.75, 3.05) is 12.4 Å². The van der Waals surface area contributed by atoms with E-state index in [9.17, 15) is 10.1 Å². The Morgan fingerprint density at radius 3 is 2.59 bits per heavy atom. The van der Waals surface area contributed by atoms with Gasteiger partial charge in [-0.1, -0.05) is 6.07 Å². The number of hydrogen-bond acceptors (Lipinski definition) is 5. The van der Waals surface area contributed by atoms with Crippen LogP contribution in [0.5, 0.6) is 5.75 Å². The highest BCUT2D eigenvalue weighted by Crippen LogP contribution is 2.37. The first kappa shape index (κ1) is 20.2. The molecule has 1 aromatic carbocycles. The van der Waals surface area contributed by atoms with Crippen molar-refractivity contribution in [3.05, 3.63) is 47.2 Å². The van der Waals surface area contributed by atoms with Crippen molar-refractivity contribution < 1.29 is 14.3 Å². The van der Waals surface area contributed by atoms with Crippen molar-refractivity contribution in [2.45, 2.75) is 40.2 Å². The second-order valence-corrected chi connectivity index (χ2v) is 7.73. The Morgan fingerprint density at radius 1 is 1.24 bits per heavy atom. The summed E-state index contributed by atoms with van der Waals surface area (Å²) < 4.78 is 12.7. The van der Waals surface area contributed by atoms with E-state index in [2.05, 4.69) is 16.4 Å². The predicted molar refractivity (Wildman–Crippen MR) is 112 cm³/mol. The van der Waals surface area contributed by atoms with Gasteiger partial charge in [-0.3, -0.25) is 9.88 Å². The Balaban J connectivity index is 2.33. The summed E-state index contributed by atoms with van der Waals surface area (Å²) in [6.45, 7) is 9.24. The van der Waals surface area contributed by atoms with Crippen LogP contribution in [0.3, 0.4) is 0 Å². The summed E-state index contributed by atoms with van der Waals surface area (Å²) in [6, 6.07) is 9.59. The molecule has 0 bridgehead atoms. The van der Waals surface area contributed by atoms with Crippen LogP contribution in [0.15, 0.2) is 30.5 Å². The summed E-state index contributed by atoms with van der Waals surface area (Å²) in [4.78, 5) is 17.0. The van der Waals surface area contributed by atoms with Gasteiger partial charge in [0, 0.05) is 17.1 Å². The summed E-state index contributed by atoms with van der Waals surface area (Å²) in [5.41, 5.74) is 2.82. The van der Waals surface area contributed by atoms with E-state index in [1.165, 1.54) is 0 Å². The molecule has 0 fully saturated rings. The fraction of sp³-hybridized carbons (Fsp3) is 0.318. The number of carbonyl (C=O) groups excluding carboxylic acids is 1. The normalized spacial score (nSPS) is 11.2. The number of nitrogens with zero attached hydrogens (tertiary/aromatic N) is 3. The Morgan fingerprint density at radius 2 is 1.97 bits per heavy atom. The molecular weight excluding hydrogens is 368 g/mol. The number of carbonyl (C=O) groups is 1. The van der Waals surface area contributed by atoms with E-state index in [4.69, 9.17) is 9.47 Å². The van der Waals surface area contributed by atoms with Gasteiger partial charge in [0.2, 0.25) is 0 Å². The van der Waals surface area contributed by atoms with Gasteiger partial charge in [-0.2, -0.15) is 5.26 Å². The van der Waals surface area contributed by atoms with E-state index in [0.29, 0.717) is 28.2 Å². The number of nitriles is 1. The Labute approximate surface area is 169 Å². The maximum absolute atomic E-state index is 12.5. The van der Waals surface area contributed by atoms with Crippen LogP contribution in [0.25, 0.3) is 16.7 Å². The SMILES string of the molecule is COc1ccc(C)c(-n2c(NC(=O)OC(C)(C)C)c(C#N)c3cccnc32)c1C. The Hall–Kier alpha value is -3.53. The van der Waals surface area contributed by atoms with Crippen LogP contribution < -0.4 is 10.1 Å². The lowest BCUT2D eigenvalue weighted by molar-refractivity contribution is 0.0635. The highest BCUT2D eigenvalue weighted by atomic mass is 16.6. The zero-order chi connectivity index (χ0) is 21.3. The van der Waals surface area contributed by atoms with Gasteiger partial charge >= 0.3 is 6.09 Å². The van der Waals surface area contributed by atoms with E-state index >= 15 is 0 Å². The number of nitrogens with one attached hydrogen (secondary N) is 1. The number of aromatic nitrogens is 2. The van der Waals surface area contributed by atoms with Gasteiger partial charge in [-0.05, 0) is 58.4 Å². The third kappa shape index (κ3) is 3.74. The molecule has 3 aromatic rings. The summed E-state index contributed by atoms with van der Waals surface area (Å²) in [6.07, 6.45) is 1.01. The van der Waals surface area contributed by atoms with Crippen LogP contribution in [0.4, 0.5) is 10.6 Å². The molecule has 2 heterocycles. The molecule has 1 N–H and O–H groups in total. The smallest absolute Gasteiger partial charge is 0.413 e. The lowest BCUT2D eigenvalue weighted by Gasteiger charge is -2.21. The van der Waals surface area contributed by atoms with Crippen LogP contribution in [0.2, 0.25) is 0 Å². The second kappa shape index (κ2) is 7.47. The quantitative estimate of drug-likeness (QED) is 0.687. The van der Waals surface area contributed by atoms with Crippen molar-refractivity contribution >= 4 is 22.9 Å². The zero-order valence-electron chi connectivity index (χ0n) is 17.5. The maximum atomic E-state index is 12.5. The largest absolute Gasteiger partial charge is 0.496 e. The molecule has 1 amide bonds. The molecule has 0 atom stereocenters. The van der Waals surface area contributed by atoms with Crippen LogP contribution in [0.1, 0.15) is 37.5 Å². The van der Waals surface area contributed by atoms with Crippen molar-refractivity contribution in [1.82, 2.24) is 9.55 Å². The van der Waals surface area contributed by atoms with Crippen molar-refractivity contribution in [2.24, 2.45) is 0 Å². The molecule has 0 aliphatic heterocycles. The third-order valence-corrected chi connectivity index (χ3v) is 4.49. The summed E-state index contributed by atoms with van der Waals surface area (Å²) in [7, 11) is 1.61. The van der Waals surface area contributed by atoms with Crippen LogP contribution >= 0.6 is 0 Å². The van der Waals surface area contributed by atoms with Crippen LogP contribution in [-0.4, -0.2) is 28.4 Å². The Kier molecular flexibility index (Phi) is 5.21. The number of hydrogen-bond donors (Lipinski definition) is 1. The molecule has 29 heavy (non-hydrogen) atoms. The minimum absolute atomic E-state index is 0.315. The van der Waals surface area contributed by atoms with Gasteiger partial charge in [-0.15, -0.1) is 0 Å². The summed E-state index contributed by atoms with van der Waals surface area (Å²) >= 11 is 0. The number of methoxy groups -OCH3 is 1. The minimum Gasteiger partial charge on any atom is -0.496 e. The monoisotopic (exact) mass is 392 g/mol. The Bertz CT molecular complexity index is 1130. The number of anilines is 1. The molecule has 7 nitrogen and oxygen atoms in total. The first-order valence-electron chi connectivity index (χ1n) is 9.22. The highest BCUT2D eigenvalue weighted by Gasteiger charge is 2.25. The molecule has 0 saturated carbocycles. The number of benzene rings is 1. The molecule has 2 aromatic heterocycles. The first-order valence-corrected chi connectivity index (χ1v) is 9.22. The molecule has 0 unspecified atom stereocenters. The van der Waals surface area contributed by atoms with Crippen LogP contribution in [0, 0.1) is 25.2 Å². The van der Waals surface area contributed by atoms with Gasteiger partial charge in [0.1, 0.15) is 34.4 Å². The van der Waals surface area contributed by atoms with E-state index in [1.807, 2.05) is 32.0 Å². The van der Waals surface area contributed by atoms with Crippen LogP contribution in [-0.2, 0) is 4.74 Å². The summed E-state index contributed by atoms with van der Waals surface area (Å²) in [5, 5.41) is 13.3. The molecule has 0 radical (unpaired) electrons. The molecular formula is C22H24N4O3. The first-order chi connectivity index (χ1) is 13.7. The molecule has 0 aliphatic rings. The van der Waals surface area contributed by atoms with E-state index in [0.717, 1.165) is 16.8 Å². The number of ether oxygens (including phenoxy) is 2. The van der Waals surface area contributed by atoms with E-state index in [-0.39, 0.29) is 0 Å². The van der Waals surface area contributed by atoms with E-state index in [1.54, 1.807) is 44.7 Å². The fourth-order valence-corrected chi connectivity index (χ4v) is 3.35. The minimum atomic E-state index is -0.673. The molecule has 150 valence electrons. The molecule has 3 rings (SSSR count). The number of rotatable bonds is 3. The lowest BCUT2D eigenvalue weighted by Crippen LogP contribution is -2.28.